The van der Waals surface area contributed by atoms with Gasteiger partial charge in [-0.1, -0.05) is 35.9 Å². The zero-order chi connectivity index (χ0) is 21.0. The Bertz CT molecular complexity index is 1060. The summed E-state index contributed by atoms with van der Waals surface area (Å²) < 4.78 is 12.7. The van der Waals surface area contributed by atoms with Gasteiger partial charge in [-0.25, -0.2) is 0 Å². The van der Waals surface area contributed by atoms with E-state index in [1.54, 1.807) is 18.8 Å². The van der Waals surface area contributed by atoms with Crippen LogP contribution in [0.15, 0.2) is 42.5 Å². The molecule has 0 bridgehead atoms. The maximum atomic E-state index is 12.7. The lowest BCUT2D eigenvalue weighted by Gasteiger charge is -2.17. The van der Waals surface area contributed by atoms with E-state index >= 15 is 0 Å². The van der Waals surface area contributed by atoms with E-state index in [1.807, 2.05) is 56.3 Å². The van der Waals surface area contributed by atoms with Crippen molar-refractivity contribution in [3.8, 4) is 22.9 Å². The highest BCUT2D eigenvalue weighted by molar-refractivity contribution is 7.71. The van der Waals surface area contributed by atoms with Crippen LogP contribution in [0.2, 0.25) is 0 Å². The number of nitrogens with zero attached hydrogens (tertiary/aromatic N) is 2. The highest BCUT2D eigenvalue weighted by atomic mass is 32.1. The third-order valence-corrected chi connectivity index (χ3v) is 4.97. The van der Waals surface area contributed by atoms with Crippen molar-refractivity contribution in [2.24, 2.45) is 0 Å². The number of nitrogens with one attached hydrogen (secondary N) is 2. The first-order valence-corrected chi connectivity index (χ1v) is 9.57. The molecule has 7 nitrogen and oxygen atoms in total. The molecule has 1 atom stereocenters. The molecule has 29 heavy (non-hydrogen) atoms. The van der Waals surface area contributed by atoms with E-state index in [-0.39, 0.29) is 18.5 Å². The molecule has 1 amide bonds. The van der Waals surface area contributed by atoms with Crippen LogP contribution in [0.3, 0.4) is 0 Å². The first kappa shape index (κ1) is 20.6. The summed E-state index contributed by atoms with van der Waals surface area (Å²) in [7, 11) is 3.17. The highest BCUT2D eigenvalue weighted by Gasteiger charge is 2.16. The van der Waals surface area contributed by atoms with E-state index < -0.39 is 0 Å². The molecule has 0 spiro atoms. The Morgan fingerprint density at radius 2 is 1.86 bits per heavy atom. The lowest BCUT2D eigenvalue weighted by molar-refractivity contribution is -0.122. The first-order valence-electron chi connectivity index (χ1n) is 9.16. The van der Waals surface area contributed by atoms with E-state index in [9.17, 15) is 4.79 Å². The van der Waals surface area contributed by atoms with Gasteiger partial charge in [0.05, 0.1) is 20.3 Å². The quantitative estimate of drug-likeness (QED) is 0.577. The molecule has 0 radical (unpaired) electrons. The fourth-order valence-electron chi connectivity index (χ4n) is 3.02. The maximum absolute atomic E-state index is 12.7. The predicted octanol–water partition coefficient (Wildman–Crippen LogP) is 3.81. The predicted molar refractivity (Wildman–Crippen MR) is 114 cm³/mol. The topological polar surface area (TPSA) is 81.2 Å². The van der Waals surface area contributed by atoms with Gasteiger partial charge in [0, 0.05) is 5.56 Å². The van der Waals surface area contributed by atoms with Crippen LogP contribution in [0.5, 0.6) is 11.5 Å². The van der Waals surface area contributed by atoms with Gasteiger partial charge >= 0.3 is 0 Å². The Hall–Kier alpha value is -3.13. The Balaban J connectivity index is 1.75. The van der Waals surface area contributed by atoms with E-state index in [0.717, 1.165) is 16.7 Å². The Morgan fingerprint density at radius 3 is 2.52 bits per heavy atom. The fraction of sp³-hybridized carbons (Fsp3) is 0.286. The number of hydrogen-bond donors (Lipinski definition) is 2. The van der Waals surface area contributed by atoms with Gasteiger partial charge < -0.3 is 14.8 Å². The average Bonchev–Trinajstić information content (AvgIpc) is 3.08. The number of aromatic amines is 1. The second-order valence-corrected chi connectivity index (χ2v) is 7.09. The minimum Gasteiger partial charge on any atom is -0.493 e. The first-order chi connectivity index (χ1) is 13.9. The number of methoxy groups -OCH3 is 2. The SMILES string of the molecule is COc1ccc(C(C)NC(=O)Cn2c(-c3ccc(C)cc3)n[nH]c2=S)cc1OC. The zero-order valence-electron chi connectivity index (χ0n) is 16.9. The van der Waals surface area contributed by atoms with Gasteiger partial charge in [0.25, 0.3) is 0 Å². The second kappa shape index (κ2) is 8.91. The molecule has 0 saturated carbocycles. The van der Waals surface area contributed by atoms with Gasteiger partial charge in [-0.05, 0) is 43.8 Å². The van der Waals surface area contributed by atoms with Crippen LogP contribution in [0, 0.1) is 11.7 Å². The molecule has 2 aromatic carbocycles. The number of hydrogen-bond acceptors (Lipinski definition) is 5. The molecule has 1 heterocycles. The van der Waals surface area contributed by atoms with Crippen LogP contribution in [-0.2, 0) is 11.3 Å². The van der Waals surface area contributed by atoms with Crippen molar-refractivity contribution in [3.63, 3.8) is 0 Å². The number of benzene rings is 2. The summed E-state index contributed by atoms with van der Waals surface area (Å²) in [6, 6.07) is 13.3. The molecule has 0 aliphatic rings. The Kier molecular flexibility index (Phi) is 6.33. The van der Waals surface area contributed by atoms with E-state index in [1.165, 1.54) is 0 Å². The van der Waals surface area contributed by atoms with Crippen molar-refractivity contribution in [2.75, 3.05) is 14.2 Å². The van der Waals surface area contributed by atoms with Crippen LogP contribution < -0.4 is 14.8 Å². The smallest absolute Gasteiger partial charge is 0.240 e. The summed E-state index contributed by atoms with van der Waals surface area (Å²) in [5.41, 5.74) is 2.95. The minimum atomic E-state index is -0.216. The number of H-pyrrole nitrogens is 1. The van der Waals surface area contributed by atoms with Gasteiger partial charge in [-0.2, -0.15) is 5.10 Å². The van der Waals surface area contributed by atoms with Crippen molar-refractivity contribution in [2.45, 2.75) is 26.4 Å². The standard InChI is InChI=1S/C21H24N4O3S/c1-13-5-7-15(8-6-13)20-23-24-21(29)25(20)12-19(26)22-14(2)16-9-10-17(27-3)18(11-16)28-4/h5-11,14H,12H2,1-4H3,(H,22,26)(H,24,29). The molecule has 0 saturated heterocycles. The lowest BCUT2D eigenvalue weighted by Crippen LogP contribution is -2.30. The summed E-state index contributed by atoms with van der Waals surface area (Å²) in [4.78, 5) is 12.7. The van der Waals surface area contributed by atoms with Crippen molar-refractivity contribution in [1.82, 2.24) is 20.1 Å². The largest absolute Gasteiger partial charge is 0.493 e. The normalized spacial score (nSPS) is 11.7. The average molecular weight is 413 g/mol. The zero-order valence-corrected chi connectivity index (χ0v) is 17.7. The van der Waals surface area contributed by atoms with Crippen LogP contribution in [-0.4, -0.2) is 34.9 Å². The van der Waals surface area contributed by atoms with Crippen molar-refractivity contribution in [1.29, 1.82) is 0 Å². The fourth-order valence-corrected chi connectivity index (χ4v) is 3.22. The van der Waals surface area contributed by atoms with E-state index in [4.69, 9.17) is 21.7 Å². The third-order valence-electron chi connectivity index (χ3n) is 4.65. The molecule has 3 rings (SSSR count). The monoisotopic (exact) mass is 412 g/mol. The second-order valence-electron chi connectivity index (χ2n) is 6.71. The summed E-state index contributed by atoms with van der Waals surface area (Å²) >= 11 is 5.32. The summed E-state index contributed by atoms with van der Waals surface area (Å²) in [6.07, 6.45) is 0. The summed E-state index contributed by atoms with van der Waals surface area (Å²) in [5, 5.41) is 10.1. The molecule has 8 heteroatoms. The number of carbonyl (C=O) groups is 1. The van der Waals surface area contributed by atoms with Gasteiger partial charge in [0.2, 0.25) is 5.91 Å². The molecule has 0 aliphatic carbocycles. The molecular formula is C21H24N4O3S. The van der Waals surface area contributed by atoms with Crippen molar-refractivity contribution < 1.29 is 14.3 Å². The van der Waals surface area contributed by atoms with Crippen LogP contribution >= 0.6 is 12.2 Å². The summed E-state index contributed by atoms with van der Waals surface area (Å²) in [5.74, 6) is 1.72. The molecule has 1 unspecified atom stereocenters. The molecule has 1 aromatic heterocycles. The molecule has 2 N–H and O–H groups in total. The molecule has 152 valence electrons. The minimum absolute atomic E-state index is 0.0656. The maximum Gasteiger partial charge on any atom is 0.240 e. The Morgan fingerprint density at radius 1 is 1.17 bits per heavy atom. The number of aryl methyl sites for hydroxylation is 1. The van der Waals surface area contributed by atoms with Crippen molar-refractivity contribution >= 4 is 18.1 Å². The van der Waals surface area contributed by atoms with Crippen LogP contribution in [0.25, 0.3) is 11.4 Å². The van der Waals surface area contributed by atoms with Gasteiger partial charge in [-0.15, -0.1) is 0 Å². The van der Waals surface area contributed by atoms with Gasteiger partial charge in [-0.3, -0.25) is 14.5 Å². The lowest BCUT2D eigenvalue weighted by atomic mass is 10.1. The number of ether oxygens (including phenoxy) is 2. The van der Waals surface area contributed by atoms with Gasteiger partial charge in [0.15, 0.2) is 22.1 Å². The van der Waals surface area contributed by atoms with E-state index in [2.05, 4.69) is 15.5 Å². The Labute approximate surface area is 174 Å². The molecule has 3 aromatic rings. The molecule has 0 aliphatic heterocycles. The highest BCUT2D eigenvalue weighted by Crippen LogP contribution is 2.29. The van der Waals surface area contributed by atoms with Crippen LogP contribution in [0.4, 0.5) is 0 Å². The number of aromatic nitrogens is 3. The molecule has 0 fully saturated rings. The van der Waals surface area contributed by atoms with Crippen molar-refractivity contribution in [3.05, 3.63) is 58.4 Å². The summed E-state index contributed by atoms with van der Waals surface area (Å²) in [6.45, 7) is 3.99. The number of amides is 1. The third kappa shape index (κ3) is 4.65. The number of carbonyl (C=O) groups excluding carboxylic acids is 1. The number of rotatable bonds is 7. The molecular weight excluding hydrogens is 388 g/mol. The van der Waals surface area contributed by atoms with Gasteiger partial charge in [0.1, 0.15) is 6.54 Å². The van der Waals surface area contributed by atoms with E-state index in [0.29, 0.717) is 22.1 Å². The van der Waals surface area contributed by atoms with Crippen LogP contribution in [0.1, 0.15) is 24.1 Å².